The third-order valence-corrected chi connectivity index (χ3v) is 6.01. The van der Waals surface area contributed by atoms with Crippen LogP contribution in [-0.2, 0) is 6.42 Å². The molecule has 2 aromatic rings. The van der Waals surface area contributed by atoms with Crippen LogP contribution in [0.3, 0.4) is 0 Å². The first-order chi connectivity index (χ1) is 11.0. The average Bonchev–Trinajstić information content (AvgIpc) is 2.51. The molecule has 0 saturated heterocycles. The van der Waals surface area contributed by atoms with Gasteiger partial charge in [-0.15, -0.1) is 0 Å². The van der Waals surface area contributed by atoms with E-state index < -0.39 is 0 Å². The second-order valence-electron chi connectivity index (χ2n) is 7.61. The lowest BCUT2D eigenvalue weighted by atomic mass is 9.63. The summed E-state index contributed by atoms with van der Waals surface area (Å²) >= 11 is 0. The number of rotatable bonds is 1. The van der Waals surface area contributed by atoms with Gasteiger partial charge in [-0.25, -0.2) is 0 Å². The minimum atomic E-state index is 0.409. The summed E-state index contributed by atoms with van der Waals surface area (Å²) in [6.45, 7) is 7.41. The summed E-state index contributed by atoms with van der Waals surface area (Å²) in [6, 6.07) is 10.9. The number of fused-ring (bicyclic) bond motifs is 1. The van der Waals surface area contributed by atoms with Gasteiger partial charge < -0.3 is 10.0 Å². The molecule has 1 saturated carbocycles. The van der Waals surface area contributed by atoms with E-state index in [4.69, 9.17) is 0 Å². The highest BCUT2D eigenvalue weighted by Crippen LogP contribution is 2.52. The first-order valence-electron chi connectivity index (χ1n) is 8.65. The fraction of sp³-hybridized carbons (Fsp3) is 0.429. The number of aromatic hydroxyl groups is 1. The van der Waals surface area contributed by atoms with E-state index in [1.165, 1.54) is 47.3 Å². The molecule has 0 radical (unpaired) electrons. The van der Waals surface area contributed by atoms with Crippen molar-refractivity contribution in [2.75, 3.05) is 11.4 Å². The first kappa shape index (κ1) is 14.6. The highest BCUT2D eigenvalue weighted by Gasteiger charge is 2.43. The van der Waals surface area contributed by atoms with Gasteiger partial charge in [-0.2, -0.15) is 0 Å². The molecular formula is C21H25NO. The summed E-state index contributed by atoms with van der Waals surface area (Å²) in [5, 5.41) is 10.3. The van der Waals surface area contributed by atoms with Gasteiger partial charge in [0.1, 0.15) is 5.75 Å². The third-order valence-electron chi connectivity index (χ3n) is 6.01. The number of hydrogen-bond acceptors (Lipinski definition) is 2. The quantitative estimate of drug-likeness (QED) is 0.784. The van der Waals surface area contributed by atoms with Crippen LogP contribution >= 0.6 is 0 Å². The van der Waals surface area contributed by atoms with Crippen molar-refractivity contribution in [1.82, 2.24) is 0 Å². The molecule has 0 atom stereocenters. The van der Waals surface area contributed by atoms with E-state index in [0.717, 1.165) is 18.5 Å². The van der Waals surface area contributed by atoms with E-state index >= 15 is 0 Å². The normalized spacial score (nSPS) is 18.7. The van der Waals surface area contributed by atoms with Crippen LogP contribution in [0.25, 0.3) is 0 Å². The maximum absolute atomic E-state index is 10.3. The lowest BCUT2D eigenvalue weighted by Crippen LogP contribution is -2.46. The monoisotopic (exact) mass is 307 g/mol. The van der Waals surface area contributed by atoms with Crippen molar-refractivity contribution in [3.8, 4) is 5.75 Å². The lowest BCUT2D eigenvalue weighted by Gasteiger charge is -2.50. The molecule has 0 amide bonds. The topological polar surface area (TPSA) is 23.5 Å². The van der Waals surface area contributed by atoms with Crippen LogP contribution in [0.1, 0.15) is 41.5 Å². The number of nitrogens with zero attached hydrogens (tertiary/aromatic N) is 1. The molecule has 4 rings (SSSR count). The molecule has 2 nitrogen and oxygen atoms in total. The Bertz CT molecular complexity index is 756. The van der Waals surface area contributed by atoms with Crippen LogP contribution in [0, 0.1) is 26.2 Å². The minimum Gasteiger partial charge on any atom is -0.508 e. The predicted molar refractivity (Wildman–Crippen MR) is 95.8 cm³/mol. The van der Waals surface area contributed by atoms with Gasteiger partial charge in [-0.05, 0) is 80.3 Å². The number of phenolic OH excluding ortho intramolecular Hbond substituents is 1. The van der Waals surface area contributed by atoms with Crippen LogP contribution < -0.4 is 4.90 Å². The highest BCUT2D eigenvalue weighted by atomic mass is 16.3. The van der Waals surface area contributed by atoms with E-state index in [1.54, 1.807) is 0 Å². The van der Waals surface area contributed by atoms with E-state index in [9.17, 15) is 5.11 Å². The van der Waals surface area contributed by atoms with Crippen molar-refractivity contribution in [2.45, 2.75) is 46.5 Å². The Kier molecular flexibility index (Phi) is 3.19. The van der Waals surface area contributed by atoms with Crippen LogP contribution in [0.2, 0.25) is 0 Å². The van der Waals surface area contributed by atoms with Crippen LogP contribution in [-0.4, -0.2) is 11.7 Å². The van der Waals surface area contributed by atoms with Gasteiger partial charge in [0, 0.05) is 17.9 Å². The number of benzene rings is 2. The average molecular weight is 307 g/mol. The summed E-state index contributed by atoms with van der Waals surface area (Å²) in [5.41, 5.74) is 7.84. The summed E-state index contributed by atoms with van der Waals surface area (Å²) in [5.74, 6) is 0.446. The second kappa shape index (κ2) is 5.02. The van der Waals surface area contributed by atoms with Crippen molar-refractivity contribution >= 4 is 11.4 Å². The van der Waals surface area contributed by atoms with E-state index in [1.807, 2.05) is 13.0 Å². The summed E-state index contributed by atoms with van der Waals surface area (Å²) in [7, 11) is 0. The third kappa shape index (κ3) is 2.23. The van der Waals surface area contributed by atoms with Gasteiger partial charge >= 0.3 is 0 Å². The minimum absolute atomic E-state index is 0.409. The van der Waals surface area contributed by atoms with Crippen molar-refractivity contribution in [1.29, 1.82) is 0 Å². The standard InChI is InChI=1S/C21H25NO/c1-14-5-7-18(8-6-14)22-13-21(9-4-10-21)12-17-11-19(23)15(2)16(3)20(17)22/h5-8,11,23H,4,9-10,12-13H2,1-3H3. The lowest BCUT2D eigenvalue weighted by molar-refractivity contribution is 0.138. The van der Waals surface area contributed by atoms with Crippen molar-refractivity contribution in [2.24, 2.45) is 5.41 Å². The zero-order chi connectivity index (χ0) is 16.2. The molecule has 2 heteroatoms. The van der Waals surface area contributed by atoms with Gasteiger partial charge in [-0.1, -0.05) is 24.1 Å². The Labute approximate surface area is 138 Å². The largest absolute Gasteiger partial charge is 0.508 e. The number of phenols is 1. The summed E-state index contributed by atoms with van der Waals surface area (Å²) in [4.78, 5) is 2.50. The molecule has 120 valence electrons. The molecule has 1 heterocycles. The zero-order valence-corrected chi connectivity index (χ0v) is 14.3. The van der Waals surface area contributed by atoms with Gasteiger partial charge in [0.25, 0.3) is 0 Å². The van der Waals surface area contributed by atoms with E-state index in [-0.39, 0.29) is 0 Å². The fourth-order valence-corrected chi connectivity index (χ4v) is 4.29. The molecule has 2 aliphatic rings. The molecule has 1 N–H and O–H groups in total. The SMILES string of the molecule is Cc1ccc(N2CC3(CCC3)Cc3cc(O)c(C)c(C)c32)cc1. The molecule has 0 bridgehead atoms. The number of aryl methyl sites for hydroxylation is 1. The maximum Gasteiger partial charge on any atom is 0.119 e. The Morgan fingerprint density at radius 2 is 1.70 bits per heavy atom. The zero-order valence-electron chi connectivity index (χ0n) is 14.3. The van der Waals surface area contributed by atoms with Gasteiger partial charge in [0.2, 0.25) is 0 Å². The van der Waals surface area contributed by atoms with Crippen LogP contribution in [0.15, 0.2) is 30.3 Å². The van der Waals surface area contributed by atoms with Crippen molar-refractivity contribution < 1.29 is 5.11 Å². The predicted octanol–water partition coefficient (Wildman–Crippen LogP) is 5.18. The number of anilines is 2. The molecule has 23 heavy (non-hydrogen) atoms. The van der Waals surface area contributed by atoms with Gasteiger partial charge in [0.05, 0.1) is 0 Å². The molecule has 0 aromatic heterocycles. The molecule has 1 aliphatic carbocycles. The molecule has 1 spiro atoms. The van der Waals surface area contributed by atoms with E-state index in [2.05, 4.69) is 43.0 Å². The fourth-order valence-electron chi connectivity index (χ4n) is 4.29. The van der Waals surface area contributed by atoms with Crippen LogP contribution in [0.5, 0.6) is 5.75 Å². The summed E-state index contributed by atoms with van der Waals surface area (Å²) < 4.78 is 0. The molecule has 0 unspecified atom stereocenters. The maximum atomic E-state index is 10.3. The smallest absolute Gasteiger partial charge is 0.119 e. The van der Waals surface area contributed by atoms with Crippen molar-refractivity contribution in [3.63, 3.8) is 0 Å². The van der Waals surface area contributed by atoms with Gasteiger partial charge in [-0.3, -0.25) is 0 Å². The molecular weight excluding hydrogens is 282 g/mol. The number of hydrogen-bond donors (Lipinski definition) is 1. The molecule has 1 aliphatic heterocycles. The second-order valence-corrected chi connectivity index (χ2v) is 7.61. The first-order valence-corrected chi connectivity index (χ1v) is 8.65. The summed E-state index contributed by atoms with van der Waals surface area (Å²) in [6.07, 6.45) is 5.07. The Morgan fingerprint density at radius 1 is 1.00 bits per heavy atom. The Balaban J connectivity index is 1.88. The van der Waals surface area contributed by atoms with E-state index in [0.29, 0.717) is 11.2 Å². The molecule has 2 aromatic carbocycles. The molecule has 1 fully saturated rings. The van der Waals surface area contributed by atoms with Gasteiger partial charge in [0.15, 0.2) is 0 Å². The highest BCUT2D eigenvalue weighted by molar-refractivity contribution is 5.74. The van der Waals surface area contributed by atoms with Crippen molar-refractivity contribution in [3.05, 3.63) is 52.6 Å². The van der Waals surface area contributed by atoms with Crippen LogP contribution in [0.4, 0.5) is 11.4 Å². The Hall–Kier alpha value is -1.96. The Morgan fingerprint density at radius 3 is 2.30 bits per heavy atom.